The Morgan fingerprint density at radius 3 is 2.83 bits per heavy atom. The molecule has 1 N–H and O–H groups in total. The molecule has 1 aromatic carbocycles. The van der Waals surface area contributed by atoms with E-state index in [0.717, 1.165) is 16.9 Å². The van der Waals surface area contributed by atoms with Gasteiger partial charge in [0.1, 0.15) is 18.1 Å². The van der Waals surface area contributed by atoms with E-state index in [2.05, 4.69) is 10.5 Å². The van der Waals surface area contributed by atoms with Gasteiger partial charge in [-0.15, -0.1) is 0 Å². The van der Waals surface area contributed by atoms with Crippen LogP contribution < -0.4 is 10.1 Å². The van der Waals surface area contributed by atoms with Crippen LogP contribution in [0, 0.1) is 20.8 Å². The highest BCUT2D eigenvalue weighted by atomic mass is 16.5. The first-order valence-electron chi connectivity index (χ1n) is 7.46. The van der Waals surface area contributed by atoms with Crippen LogP contribution in [-0.2, 0) is 11.3 Å². The van der Waals surface area contributed by atoms with Gasteiger partial charge in [-0.05, 0) is 38.0 Å². The van der Waals surface area contributed by atoms with E-state index in [9.17, 15) is 4.79 Å². The number of ether oxygens (including phenoxy) is 2. The molecule has 0 unspecified atom stereocenters. The number of methoxy groups -OCH3 is 1. The lowest BCUT2D eigenvalue weighted by Crippen LogP contribution is -2.28. The lowest BCUT2D eigenvalue weighted by Gasteiger charge is -2.11. The van der Waals surface area contributed by atoms with Crippen LogP contribution in [0.15, 0.2) is 22.7 Å². The van der Waals surface area contributed by atoms with E-state index in [1.165, 1.54) is 0 Å². The zero-order chi connectivity index (χ0) is 16.8. The molecule has 0 fully saturated rings. The maximum atomic E-state index is 12.1. The summed E-state index contributed by atoms with van der Waals surface area (Å²) in [5, 5.41) is 6.57. The molecule has 0 bridgehead atoms. The minimum absolute atomic E-state index is 0.229. The van der Waals surface area contributed by atoms with Crippen LogP contribution in [0.2, 0.25) is 0 Å². The molecule has 1 amide bonds. The summed E-state index contributed by atoms with van der Waals surface area (Å²) >= 11 is 0. The Hall–Kier alpha value is -2.34. The average Bonchev–Trinajstić information content (AvgIpc) is 2.90. The third-order valence-electron chi connectivity index (χ3n) is 3.72. The second kappa shape index (κ2) is 7.78. The van der Waals surface area contributed by atoms with Gasteiger partial charge in [0, 0.05) is 13.7 Å². The summed E-state index contributed by atoms with van der Waals surface area (Å²) in [6.07, 6.45) is 0. The molecule has 2 rings (SSSR count). The van der Waals surface area contributed by atoms with Gasteiger partial charge in [0.25, 0.3) is 5.91 Å². The normalized spacial score (nSPS) is 10.6. The number of nitrogens with one attached hydrogen (secondary N) is 1. The fraction of sp³-hybridized carbons (Fsp3) is 0.412. The number of carbonyl (C=O) groups excluding carboxylic acids is 1. The maximum absolute atomic E-state index is 12.1. The molecule has 0 aliphatic carbocycles. The zero-order valence-corrected chi connectivity index (χ0v) is 13.9. The highest BCUT2D eigenvalue weighted by Gasteiger charge is 2.20. The van der Waals surface area contributed by atoms with Gasteiger partial charge in [-0.25, -0.2) is 0 Å². The van der Waals surface area contributed by atoms with Crippen molar-refractivity contribution in [2.45, 2.75) is 27.4 Å². The summed E-state index contributed by atoms with van der Waals surface area (Å²) in [7, 11) is 1.58. The molecule has 0 aliphatic rings. The van der Waals surface area contributed by atoms with E-state index in [4.69, 9.17) is 14.0 Å². The molecule has 0 saturated heterocycles. The van der Waals surface area contributed by atoms with Crippen molar-refractivity contribution in [3.05, 3.63) is 46.3 Å². The smallest absolute Gasteiger partial charge is 0.273 e. The van der Waals surface area contributed by atoms with E-state index < -0.39 is 0 Å². The fourth-order valence-electron chi connectivity index (χ4n) is 2.12. The molecule has 0 saturated carbocycles. The number of benzene rings is 1. The standard InChI is InChI=1S/C17H22N2O4/c1-11-6-5-7-15(12(11)2)22-10-14-13(3)23-19-16(14)17(20)18-8-9-21-4/h5-7H,8-10H2,1-4H3,(H,18,20). The topological polar surface area (TPSA) is 73.6 Å². The molecule has 124 valence electrons. The first-order chi connectivity index (χ1) is 11.0. The number of carbonyl (C=O) groups is 1. The summed E-state index contributed by atoms with van der Waals surface area (Å²) in [5.74, 6) is 1.07. The van der Waals surface area contributed by atoms with Gasteiger partial charge in [-0.1, -0.05) is 17.3 Å². The van der Waals surface area contributed by atoms with Gasteiger partial charge in [0.05, 0.1) is 12.2 Å². The van der Waals surface area contributed by atoms with E-state index in [1.807, 2.05) is 32.0 Å². The van der Waals surface area contributed by atoms with E-state index in [0.29, 0.717) is 24.5 Å². The van der Waals surface area contributed by atoms with Crippen LogP contribution in [-0.4, -0.2) is 31.3 Å². The van der Waals surface area contributed by atoms with Crippen LogP contribution >= 0.6 is 0 Å². The lowest BCUT2D eigenvalue weighted by molar-refractivity contribution is 0.0926. The third-order valence-corrected chi connectivity index (χ3v) is 3.72. The Kier molecular flexibility index (Phi) is 5.76. The minimum atomic E-state index is -0.293. The molecule has 2 aromatic rings. The van der Waals surface area contributed by atoms with Crippen molar-refractivity contribution in [3.8, 4) is 5.75 Å². The van der Waals surface area contributed by atoms with Crippen LogP contribution in [0.5, 0.6) is 5.75 Å². The van der Waals surface area contributed by atoms with Gasteiger partial charge in [-0.3, -0.25) is 4.79 Å². The monoisotopic (exact) mass is 318 g/mol. The summed E-state index contributed by atoms with van der Waals surface area (Å²) in [6, 6.07) is 5.88. The van der Waals surface area contributed by atoms with Crippen molar-refractivity contribution in [2.24, 2.45) is 0 Å². The summed E-state index contributed by atoms with van der Waals surface area (Å²) < 4.78 is 15.9. The minimum Gasteiger partial charge on any atom is -0.488 e. The van der Waals surface area contributed by atoms with Crippen LogP contribution in [0.3, 0.4) is 0 Å². The Balaban J connectivity index is 2.09. The fourth-order valence-corrected chi connectivity index (χ4v) is 2.12. The second-order valence-corrected chi connectivity index (χ2v) is 5.30. The highest BCUT2D eigenvalue weighted by molar-refractivity contribution is 5.93. The molecule has 0 atom stereocenters. The Labute approximate surface area is 135 Å². The van der Waals surface area contributed by atoms with E-state index >= 15 is 0 Å². The summed E-state index contributed by atoms with van der Waals surface area (Å²) in [5.41, 5.74) is 3.14. The largest absolute Gasteiger partial charge is 0.488 e. The van der Waals surface area contributed by atoms with Crippen LogP contribution in [0.1, 0.15) is 32.9 Å². The van der Waals surface area contributed by atoms with Crippen molar-refractivity contribution in [1.29, 1.82) is 0 Å². The Morgan fingerprint density at radius 1 is 1.30 bits per heavy atom. The highest BCUT2D eigenvalue weighted by Crippen LogP contribution is 2.23. The zero-order valence-electron chi connectivity index (χ0n) is 13.9. The number of aryl methyl sites for hydroxylation is 2. The van der Waals surface area contributed by atoms with Crippen molar-refractivity contribution in [2.75, 3.05) is 20.3 Å². The molecular weight excluding hydrogens is 296 g/mol. The molecule has 0 aliphatic heterocycles. The lowest BCUT2D eigenvalue weighted by atomic mass is 10.1. The van der Waals surface area contributed by atoms with Gasteiger partial charge < -0.3 is 19.3 Å². The first-order valence-corrected chi connectivity index (χ1v) is 7.46. The molecule has 1 aromatic heterocycles. The van der Waals surface area contributed by atoms with Crippen molar-refractivity contribution in [3.63, 3.8) is 0 Å². The number of hydrogen-bond acceptors (Lipinski definition) is 5. The quantitative estimate of drug-likeness (QED) is 0.794. The number of amides is 1. The average molecular weight is 318 g/mol. The Bertz CT molecular complexity index is 679. The molecule has 6 nitrogen and oxygen atoms in total. The molecule has 1 heterocycles. The van der Waals surface area contributed by atoms with Crippen LogP contribution in [0.4, 0.5) is 0 Å². The van der Waals surface area contributed by atoms with Gasteiger partial charge in [0.2, 0.25) is 0 Å². The summed E-state index contributed by atoms with van der Waals surface area (Å²) in [4.78, 5) is 12.1. The van der Waals surface area contributed by atoms with Crippen molar-refractivity contribution in [1.82, 2.24) is 10.5 Å². The number of nitrogens with zero attached hydrogens (tertiary/aromatic N) is 1. The Morgan fingerprint density at radius 2 is 2.09 bits per heavy atom. The summed E-state index contributed by atoms with van der Waals surface area (Å²) in [6.45, 7) is 6.88. The van der Waals surface area contributed by atoms with E-state index in [1.54, 1.807) is 14.0 Å². The van der Waals surface area contributed by atoms with Gasteiger partial charge in [0.15, 0.2) is 5.69 Å². The number of aromatic nitrogens is 1. The van der Waals surface area contributed by atoms with Crippen molar-refractivity contribution < 1.29 is 18.8 Å². The van der Waals surface area contributed by atoms with E-state index in [-0.39, 0.29) is 18.2 Å². The van der Waals surface area contributed by atoms with Gasteiger partial charge >= 0.3 is 0 Å². The number of hydrogen-bond donors (Lipinski definition) is 1. The van der Waals surface area contributed by atoms with Crippen molar-refractivity contribution >= 4 is 5.91 Å². The molecule has 0 radical (unpaired) electrons. The van der Waals surface area contributed by atoms with Gasteiger partial charge in [-0.2, -0.15) is 0 Å². The predicted octanol–water partition coefficient (Wildman–Crippen LogP) is 2.56. The first kappa shape index (κ1) is 17.0. The number of rotatable bonds is 7. The maximum Gasteiger partial charge on any atom is 0.273 e. The molecule has 0 spiro atoms. The second-order valence-electron chi connectivity index (χ2n) is 5.30. The molecule has 6 heteroatoms. The molecule has 23 heavy (non-hydrogen) atoms. The SMILES string of the molecule is COCCNC(=O)c1noc(C)c1COc1cccc(C)c1C. The third kappa shape index (κ3) is 4.10. The van der Waals surface area contributed by atoms with Crippen LogP contribution in [0.25, 0.3) is 0 Å². The molecular formula is C17H22N2O4. The predicted molar refractivity (Wildman–Crippen MR) is 85.7 cm³/mol.